The monoisotopic (exact) mass is 269 g/mol. The van der Waals surface area contributed by atoms with Gasteiger partial charge < -0.3 is 9.88 Å². The van der Waals surface area contributed by atoms with E-state index in [1.807, 2.05) is 12.5 Å². The van der Waals surface area contributed by atoms with Crippen LogP contribution in [0.3, 0.4) is 0 Å². The highest BCUT2D eigenvalue weighted by atomic mass is 15.1. The van der Waals surface area contributed by atoms with E-state index >= 15 is 0 Å². The molecule has 1 aromatic heterocycles. The number of benzene rings is 1. The van der Waals surface area contributed by atoms with Crippen molar-refractivity contribution < 1.29 is 0 Å². The third-order valence-electron chi connectivity index (χ3n) is 4.22. The molecule has 0 aliphatic carbocycles. The molecule has 1 N–H and O–H groups in total. The third-order valence-corrected chi connectivity index (χ3v) is 4.22. The van der Waals surface area contributed by atoms with Gasteiger partial charge in [0.1, 0.15) is 0 Å². The Morgan fingerprint density at radius 1 is 1.25 bits per heavy atom. The SMILES string of the molecule is CC(C)c1ccc(-n2cncc2C2CCCNC2)cc1. The van der Waals surface area contributed by atoms with Gasteiger partial charge in [-0.3, -0.25) is 0 Å². The molecule has 3 heteroatoms. The second kappa shape index (κ2) is 5.80. The van der Waals surface area contributed by atoms with Gasteiger partial charge in [0.15, 0.2) is 0 Å². The molecule has 1 saturated heterocycles. The van der Waals surface area contributed by atoms with Crippen molar-refractivity contribution in [3.8, 4) is 5.69 Å². The minimum atomic E-state index is 0.578. The molecule has 1 aliphatic rings. The van der Waals surface area contributed by atoms with E-state index < -0.39 is 0 Å². The summed E-state index contributed by atoms with van der Waals surface area (Å²) in [5.41, 5.74) is 3.93. The molecular weight excluding hydrogens is 246 g/mol. The van der Waals surface area contributed by atoms with Crippen LogP contribution in [0.15, 0.2) is 36.8 Å². The smallest absolute Gasteiger partial charge is 0.0994 e. The maximum absolute atomic E-state index is 4.37. The van der Waals surface area contributed by atoms with Crippen molar-refractivity contribution in [2.24, 2.45) is 0 Å². The van der Waals surface area contributed by atoms with Gasteiger partial charge in [-0.2, -0.15) is 0 Å². The largest absolute Gasteiger partial charge is 0.316 e. The minimum Gasteiger partial charge on any atom is -0.316 e. The number of piperidine rings is 1. The molecule has 0 spiro atoms. The summed E-state index contributed by atoms with van der Waals surface area (Å²) in [5.74, 6) is 1.16. The Bertz CT molecular complexity index is 548. The first kappa shape index (κ1) is 13.4. The lowest BCUT2D eigenvalue weighted by Crippen LogP contribution is -2.29. The second-order valence-electron chi connectivity index (χ2n) is 5.98. The zero-order valence-electron chi connectivity index (χ0n) is 12.3. The Morgan fingerprint density at radius 3 is 2.70 bits per heavy atom. The molecule has 1 atom stereocenters. The van der Waals surface area contributed by atoms with Crippen LogP contribution in [0.1, 0.15) is 49.8 Å². The van der Waals surface area contributed by atoms with E-state index in [0.29, 0.717) is 11.8 Å². The van der Waals surface area contributed by atoms with Gasteiger partial charge in [0.25, 0.3) is 0 Å². The lowest BCUT2D eigenvalue weighted by molar-refractivity contribution is 0.451. The van der Waals surface area contributed by atoms with Crippen LogP contribution in [-0.2, 0) is 0 Å². The lowest BCUT2D eigenvalue weighted by Gasteiger charge is -2.24. The Morgan fingerprint density at radius 2 is 2.05 bits per heavy atom. The summed E-state index contributed by atoms with van der Waals surface area (Å²) in [4.78, 5) is 4.37. The fourth-order valence-corrected chi connectivity index (χ4v) is 2.95. The molecule has 3 rings (SSSR count). The number of rotatable bonds is 3. The van der Waals surface area contributed by atoms with Crippen molar-refractivity contribution in [2.45, 2.75) is 38.5 Å². The molecule has 0 radical (unpaired) electrons. The van der Waals surface area contributed by atoms with E-state index in [1.165, 1.54) is 29.8 Å². The van der Waals surface area contributed by atoms with E-state index in [2.05, 4.69) is 53.0 Å². The Hall–Kier alpha value is -1.61. The maximum atomic E-state index is 4.37. The van der Waals surface area contributed by atoms with Gasteiger partial charge in [-0.1, -0.05) is 26.0 Å². The fourth-order valence-electron chi connectivity index (χ4n) is 2.95. The topological polar surface area (TPSA) is 29.9 Å². The first-order chi connectivity index (χ1) is 9.75. The van der Waals surface area contributed by atoms with Crippen LogP contribution in [0.2, 0.25) is 0 Å². The highest BCUT2D eigenvalue weighted by Crippen LogP contribution is 2.26. The molecule has 1 fully saturated rings. The molecule has 0 amide bonds. The van der Waals surface area contributed by atoms with E-state index in [4.69, 9.17) is 0 Å². The third kappa shape index (κ3) is 2.63. The first-order valence-electron chi connectivity index (χ1n) is 7.59. The van der Waals surface area contributed by atoms with Gasteiger partial charge in [-0.15, -0.1) is 0 Å². The molecule has 1 aliphatic heterocycles. The van der Waals surface area contributed by atoms with E-state index in [0.717, 1.165) is 13.1 Å². The van der Waals surface area contributed by atoms with Gasteiger partial charge in [-0.25, -0.2) is 4.98 Å². The zero-order chi connectivity index (χ0) is 13.9. The van der Waals surface area contributed by atoms with Gasteiger partial charge in [-0.05, 0) is 43.0 Å². The van der Waals surface area contributed by atoms with E-state index in [-0.39, 0.29) is 0 Å². The van der Waals surface area contributed by atoms with Gasteiger partial charge in [0.05, 0.1) is 6.33 Å². The number of imidazole rings is 1. The summed E-state index contributed by atoms with van der Waals surface area (Å²) in [6, 6.07) is 8.86. The maximum Gasteiger partial charge on any atom is 0.0994 e. The molecule has 2 heterocycles. The molecular formula is C17H23N3. The zero-order valence-corrected chi connectivity index (χ0v) is 12.3. The van der Waals surface area contributed by atoms with Crippen molar-refractivity contribution in [1.29, 1.82) is 0 Å². The van der Waals surface area contributed by atoms with Crippen LogP contribution >= 0.6 is 0 Å². The molecule has 2 aromatic rings. The standard InChI is InChI=1S/C17H23N3/c1-13(2)14-5-7-16(8-6-14)20-12-19-11-17(20)15-4-3-9-18-10-15/h5-8,11-13,15,18H,3-4,9-10H2,1-2H3. The molecule has 0 saturated carbocycles. The molecule has 106 valence electrons. The van der Waals surface area contributed by atoms with Crippen molar-refractivity contribution in [3.63, 3.8) is 0 Å². The van der Waals surface area contributed by atoms with Gasteiger partial charge in [0, 0.05) is 30.0 Å². The fraction of sp³-hybridized carbons (Fsp3) is 0.471. The number of hydrogen-bond acceptors (Lipinski definition) is 2. The molecule has 0 bridgehead atoms. The number of nitrogens with one attached hydrogen (secondary N) is 1. The Kier molecular flexibility index (Phi) is 3.88. The van der Waals surface area contributed by atoms with Crippen LogP contribution in [0, 0.1) is 0 Å². The molecule has 20 heavy (non-hydrogen) atoms. The van der Waals surface area contributed by atoms with Crippen molar-refractivity contribution in [3.05, 3.63) is 48.0 Å². The quantitative estimate of drug-likeness (QED) is 0.924. The van der Waals surface area contributed by atoms with Crippen molar-refractivity contribution in [2.75, 3.05) is 13.1 Å². The number of nitrogens with zero attached hydrogens (tertiary/aromatic N) is 2. The summed E-state index contributed by atoms with van der Waals surface area (Å²) >= 11 is 0. The summed E-state index contributed by atoms with van der Waals surface area (Å²) in [5, 5.41) is 3.48. The van der Waals surface area contributed by atoms with Crippen molar-refractivity contribution in [1.82, 2.24) is 14.9 Å². The highest BCUT2D eigenvalue weighted by molar-refractivity contribution is 5.37. The van der Waals surface area contributed by atoms with E-state index in [9.17, 15) is 0 Å². The summed E-state index contributed by atoms with van der Waals surface area (Å²) in [6.07, 6.45) is 6.47. The number of hydrogen-bond donors (Lipinski definition) is 1. The van der Waals surface area contributed by atoms with Crippen LogP contribution in [0.5, 0.6) is 0 Å². The molecule has 3 nitrogen and oxygen atoms in total. The number of aromatic nitrogens is 2. The predicted molar refractivity (Wildman–Crippen MR) is 82.5 cm³/mol. The average molecular weight is 269 g/mol. The Balaban J connectivity index is 1.88. The lowest BCUT2D eigenvalue weighted by atomic mass is 9.96. The second-order valence-corrected chi connectivity index (χ2v) is 5.98. The molecule has 1 aromatic carbocycles. The van der Waals surface area contributed by atoms with Gasteiger partial charge >= 0.3 is 0 Å². The first-order valence-corrected chi connectivity index (χ1v) is 7.59. The average Bonchev–Trinajstić information content (AvgIpc) is 2.97. The predicted octanol–water partition coefficient (Wildman–Crippen LogP) is 3.46. The summed E-state index contributed by atoms with van der Waals surface area (Å²) in [6.45, 7) is 6.67. The van der Waals surface area contributed by atoms with Crippen LogP contribution in [0.4, 0.5) is 0 Å². The summed E-state index contributed by atoms with van der Waals surface area (Å²) in [7, 11) is 0. The van der Waals surface area contributed by atoms with E-state index in [1.54, 1.807) is 0 Å². The van der Waals surface area contributed by atoms with Crippen LogP contribution < -0.4 is 5.32 Å². The normalized spacial score (nSPS) is 19.4. The Labute approximate surface area is 121 Å². The molecule has 1 unspecified atom stereocenters. The van der Waals surface area contributed by atoms with Gasteiger partial charge in [0.2, 0.25) is 0 Å². The van der Waals surface area contributed by atoms with Crippen LogP contribution in [0.25, 0.3) is 5.69 Å². The van der Waals surface area contributed by atoms with Crippen molar-refractivity contribution >= 4 is 0 Å². The summed E-state index contributed by atoms with van der Waals surface area (Å²) < 4.78 is 2.24. The highest BCUT2D eigenvalue weighted by Gasteiger charge is 2.19. The minimum absolute atomic E-state index is 0.578. The van der Waals surface area contributed by atoms with Crippen LogP contribution in [-0.4, -0.2) is 22.6 Å².